The molecular weight excluding hydrogens is 729 g/mol. The summed E-state index contributed by atoms with van der Waals surface area (Å²) in [6.45, 7) is 10.1. The first-order chi connectivity index (χ1) is 29.4. The molecule has 60 heavy (non-hydrogen) atoms. The van der Waals surface area contributed by atoms with Gasteiger partial charge in [0.2, 0.25) is 0 Å². The Hall–Kier alpha value is -5.86. The highest BCUT2D eigenvalue weighted by atomic mass is 16.5. The van der Waals surface area contributed by atoms with Crippen LogP contribution in [0.25, 0.3) is 44.5 Å². The molecule has 0 saturated carbocycles. The fourth-order valence-electron chi connectivity index (χ4n) is 8.00. The van der Waals surface area contributed by atoms with Gasteiger partial charge in [-0.1, -0.05) is 171 Å². The van der Waals surface area contributed by atoms with Gasteiger partial charge in [0.15, 0.2) is 0 Å². The number of hydrogen-bond donors (Lipinski definition) is 0. The number of unbranched alkanes of at least 4 members (excludes halogenated alkanes) is 6. The topological polar surface area (TPSA) is 18.5 Å². The molecule has 0 N–H and O–H groups in total. The molecule has 2 heteroatoms. The quantitative estimate of drug-likeness (QED) is 0.0716. The third-order valence-corrected chi connectivity index (χ3v) is 12.1. The fraction of sp³-hybridized carbons (Fsp3) is 0.276. The number of hydrogen-bond acceptors (Lipinski definition) is 2. The van der Waals surface area contributed by atoms with E-state index in [1.165, 1.54) is 81.3 Å². The molecule has 0 aliphatic carbocycles. The summed E-state index contributed by atoms with van der Waals surface area (Å²) >= 11 is 0. The molecule has 0 aromatic heterocycles. The molecule has 0 amide bonds. The van der Waals surface area contributed by atoms with E-state index in [4.69, 9.17) is 9.47 Å². The van der Waals surface area contributed by atoms with E-state index in [1.54, 1.807) is 0 Å². The van der Waals surface area contributed by atoms with Crippen LogP contribution in [0.15, 0.2) is 158 Å². The molecule has 7 aromatic carbocycles. The molecule has 306 valence electrons. The Kier molecular flexibility index (Phi) is 15.1. The normalized spacial score (nSPS) is 11.1. The van der Waals surface area contributed by atoms with Crippen LogP contribution in [0.1, 0.15) is 84.7 Å². The van der Waals surface area contributed by atoms with Crippen molar-refractivity contribution in [3.63, 3.8) is 0 Å². The molecule has 2 nitrogen and oxygen atoms in total. The lowest BCUT2D eigenvalue weighted by atomic mass is 9.94. The molecule has 0 unspecified atom stereocenters. The highest BCUT2D eigenvalue weighted by molar-refractivity contribution is 5.83. The van der Waals surface area contributed by atoms with Crippen LogP contribution in [0, 0.1) is 27.7 Å². The van der Waals surface area contributed by atoms with E-state index in [-0.39, 0.29) is 0 Å². The Labute approximate surface area is 360 Å². The lowest BCUT2D eigenvalue weighted by Gasteiger charge is -2.19. The number of aryl methyl sites for hydroxylation is 6. The summed E-state index contributed by atoms with van der Waals surface area (Å²) < 4.78 is 13.6. The van der Waals surface area contributed by atoms with Gasteiger partial charge in [0.25, 0.3) is 0 Å². The lowest BCUT2D eigenvalue weighted by molar-refractivity contribution is 0.298. The molecule has 0 aliphatic heterocycles. The van der Waals surface area contributed by atoms with Crippen molar-refractivity contribution < 1.29 is 9.47 Å². The summed E-state index contributed by atoms with van der Waals surface area (Å²) in [5.41, 5.74) is 17.4. The minimum atomic E-state index is 0.674. The van der Waals surface area contributed by atoms with Gasteiger partial charge in [-0.2, -0.15) is 0 Å². The van der Waals surface area contributed by atoms with E-state index in [9.17, 15) is 0 Å². The van der Waals surface area contributed by atoms with Gasteiger partial charge < -0.3 is 9.47 Å². The van der Waals surface area contributed by atoms with Crippen LogP contribution in [0.2, 0.25) is 0 Å². The van der Waals surface area contributed by atoms with Crippen molar-refractivity contribution in [1.29, 1.82) is 0 Å². The molecule has 0 bridgehead atoms. The predicted molar refractivity (Wildman–Crippen MR) is 255 cm³/mol. The van der Waals surface area contributed by atoms with Crippen LogP contribution in [-0.4, -0.2) is 13.2 Å². The van der Waals surface area contributed by atoms with E-state index in [0.29, 0.717) is 13.2 Å². The zero-order valence-electron chi connectivity index (χ0n) is 36.3. The summed E-state index contributed by atoms with van der Waals surface area (Å²) in [5.74, 6) is 1.81. The third kappa shape index (κ3) is 11.7. The number of ether oxygens (including phenoxy) is 2. The van der Waals surface area contributed by atoms with Crippen molar-refractivity contribution in [3.8, 4) is 56.0 Å². The summed E-state index contributed by atoms with van der Waals surface area (Å²) in [7, 11) is 0. The van der Waals surface area contributed by atoms with Crippen molar-refractivity contribution in [2.24, 2.45) is 0 Å². The minimum absolute atomic E-state index is 0.674. The Bertz CT molecular complexity index is 2220. The second-order valence-corrected chi connectivity index (χ2v) is 16.6. The predicted octanol–water partition coefficient (Wildman–Crippen LogP) is 16.0. The summed E-state index contributed by atoms with van der Waals surface area (Å²) in [6, 6.07) is 57.5. The van der Waals surface area contributed by atoms with Crippen molar-refractivity contribution in [2.45, 2.75) is 91.9 Å². The maximum atomic E-state index is 6.79. The Morgan fingerprint density at radius 3 is 1.03 bits per heavy atom. The summed E-state index contributed by atoms with van der Waals surface area (Å²) in [6.07, 6.45) is 11.4. The van der Waals surface area contributed by atoms with Crippen molar-refractivity contribution in [1.82, 2.24) is 0 Å². The first kappa shape index (κ1) is 42.3. The van der Waals surface area contributed by atoms with Crippen LogP contribution in [-0.2, 0) is 12.8 Å². The Morgan fingerprint density at radius 2 is 0.650 bits per heavy atom. The van der Waals surface area contributed by atoms with Gasteiger partial charge >= 0.3 is 0 Å². The zero-order chi connectivity index (χ0) is 41.5. The van der Waals surface area contributed by atoms with Gasteiger partial charge in [0, 0.05) is 11.1 Å². The van der Waals surface area contributed by atoms with E-state index >= 15 is 0 Å². The molecule has 7 aromatic rings. The first-order valence-corrected chi connectivity index (χ1v) is 22.3. The molecule has 0 radical (unpaired) electrons. The molecule has 0 fully saturated rings. The van der Waals surface area contributed by atoms with Crippen molar-refractivity contribution in [2.75, 3.05) is 13.2 Å². The summed E-state index contributed by atoms with van der Waals surface area (Å²) in [5, 5.41) is 0. The highest BCUT2D eigenvalue weighted by Crippen LogP contribution is 2.42. The van der Waals surface area contributed by atoms with Gasteiger partial charge in [0.05, 0.1) is 13.2 Å². The fourth-order valence-corrected chi connectivity index (χ4v) is 8.00. The largest absolute Gasteiger partial charge is 0.493 e. The maximum Gasteiger partial charge on any atom is 0.128 e. The van der Waals surface area contributed by atoms with Crippen molar-refractivity contribution in [3.05, 3.63) is 191 Å². The zero-order valence-corrected chi connectivity index (χ0v) is 36.3. The third-order valence-electron chi connectivity index (χ3n) is 12.1. The molecule has 7 rings (SSSR count). The standard InChI is InChI=1S/C58H62O2/c1-43-25-27-53(39-45(43)3)49-29-33-51(34-30-49)55-41-58(60-38-18-8-6-12-20-48-23-15-10-16-24-48)56(52-35-31-50(32-36-52)54-28-26-44(2)46(4)40-54)42-57(55)59-37-17-7-5-11-19-47-21-13-9-14-22-47/h9-10,13-16,21-36,39-42H,5-8,11-12,17-20,37-38H2,1-4H3. The molecular formula is C58H62O2. The minimum Gasteiger partial charge on any atom is -0.493 e. The Balaban J connectivity index is 1.14. The lowest BCUT2D eigenvalue weighted by Crippen LogP contribution is -2.03. The smallest absolute Gasteiger partial charge is 0.128 e. The van der Waals surface area contributed by atoms with Crippen LogP contribution in [0.5, 0.6) is 11.5 Å². The van der Waals surface area contributed by atoms with Crippen LogP contribution < -0.4 is 9.47 Å². The highest BCUT2D eigenvalue weighted by Gasteiger charge is 2.17. The van der Waals surface area contributed by atoms with Gasteiger partial charge in [-0.25, -0.2) is 0 Å². The molecule has 0 atom stereocenters. The monoisotopic (exact) mass is 790 g/mol. The number of rotatable bonds is 20. The average Bonchev–Trinajstić information content (AvgIpc) is 3.28. The van der Waals surface area contributed by atoms with E-state index < -0.39 is 0 Å². The second-order valence-electron chi connectivity index (χ2n) is 16.6. The van der Waals surface area contributed by atoms with Gasteiger partial charge in [0.1, 0.15) is 11.5 Å². The molecule has 0 aliphatic rings. The SMILES string of the molecule is Cc1ccc(-c2ccc(-c3cc(OCCCCCCc4ccccc4)c(-c4ccc(-c5ccc(C)c(C)c5)cc4)cc3OCCCCCCc3ccccc3)cc2)cc1C. The average molecular weight is 791 g/mol. The maximum absolute atomic E-state index is 6.79. The van der Waals surface area contributed by atoms with Gasteiger partial charge in [-0.3, -0.25) is 0 Å². The molecule has 0 saturated heterocycles. The van der Waals surface area contributed by atoms with Gasteiger partial charge in [-0.15, -0.1) is 0 Å². The Morgan fingerprint density at radius 1 is 0.300 bits per heavy atom. The van der Waals surface area contributed by atoms with E-state index in [2.05, 4.69) is 185 Å². The first-order valence-electron chi connectivity index (χ1n) is 22.3. The molecule has 0 heterocycles. The van der Waals surface area contributed by atoms with Crippen LogP contribution in [0.3, 0.4) is 0 Å². The molecule has 0 spiro atoms. The van der Waals surface area contributed by atoms with Crippen LogP contribution >= 0.6 is 0 Å². The van der Waals surface area contributed by atoms with Gasteiger partial charge in [-0.05, 0) is 145 Å². The second kappa shape index (κ2) is 21.4. The van der Waals surface area contributed by atoms with E-state index in [0.717, 1.165) is 72.3 Å². The number of benzene rings is 7. The van der Waals surface area contributed by atoms with Crippen molar-refractivity contribution >= 4 is 0 Å². The van der Waals surface area contributed by atoms with Crippen LogP contribution in [0.4, 0.5) is 0 Å². The van der Waals surface area contributed by atoms with E-state index in [1.807, 2.05) is 0 Å². The summed E-state index contributed by atoms with van der Waals surface area (Å²) in [4.78, 5) is 0.